The summed E-state index contributed by atoms with van der Waals surface area (Å²) in [6, 6.07) is 8.73. The lowest BCUT2D eigenvalue weighted by Gasteiger charge is -2.07. The van der Waals surface area contributed by atoms with Gasteiger partial charge in [-0.25, -0.2) is 4.39 Å². The van der Waals surface area contributed by atoms with Crippen LogP contribution in [0.15, 0.2) is 40.9 Å². The summed E-state index contributed by atoms with van der Waals surface area (Å²) >= 11 is 14.8. The van der Waals surface area contributed by atoms with Crippen molar-refractivity contribution in [3.8, 4) is 0 Å². The van der Waals surface area contributed by atoms with Crippen molar-refractivity contribution in [1.29, 1.82) is 0 Å². The van der Waals surface area contributed by atoms with Gasteiger partial charge in [-0.15, -0.1) is 0 Å². The van der Waals surface area contributed by atoms with Crippen molar-refractivity contribution in [3.05, 3.63) is 62.3 Å². The predicted octanol–water partition coefficient (Wildman–Crippen LogP) is 5.15. The quantitative estimate of drug-likeness (QED) is 0.786. The molecular formula is C13H7BrCl2FNO. The maximum atomic E-state index is 13.5. The van der Waals surface area contributed by atoms with E-state index in [-0.39, 0.29) is 5.56 Å². The van der Waals surface area contributed by atoms with Crippen LogP contribution in [-0.4, -0.2) is 5.91 Å². The lowest BCUT2D eigenvalue weighted by atomic mass is 10.2. The standard InChI is InChI=1S/C13H7BrCl2FNO/c14-7-1-2-12(17)11(3-7)13(19)18-10-5-8(15)4-9(16)6-10/h1-6H,(H,18,19). The van der Waals surface area contributed by atoms with Crippen LogP contribution in [-0.2, 0) is 0 Å². The predicted molar refractivity (Wildman–Crippen MR) is 78.5 cm³/mol. The van der Waals surface area contributed by atoms with Gasteiger partial charge in [0.15, 0.2) is 0 Å². The molecular weight excluding hydrogens is 356 g/mol. The van der Waals surface area contributed by atoms with Gasteiger partial charge in [-0.05, 0) is 36.4 Å². The molecule has 0 spiro atoms. The van der Waals surface area contributed by atoms with Crippen molar-refractivity contribution in [2.75, 3.05) is 5.32 Å². The van der Waals surface area contributed by atoms with E-state index in [1.807, 2.05) is 0 Å². The second-order valence-electron chi connectivity index (χ2n) is 3.74. The summed E-state index contributed by atoms with van der Waals surface area (Å²) in [4.78, 5) is 12.0. The van der Waals surface area contributed by atoms with Crippen LogP contribution in [0.1, 0.15) is 10.4 Å². The number of rotatable bonds is 2. The molecule has 0 heterocycles. The summed E-state index contributed by atoms with van der Waals surface area (Å²) in [6.07, 6.45) is 0. The van der Waals surface area contributed by atoms with Gasteiger partial charge in [0.1, 0.15) is 5.82 Å². The summed E-state index contributed by atoms with van der Waals surface area (Å²) in [5.74, 6) is -1.18. The van der Waals surface area contributed by atoms with Crippen molar-refractivity contribution in [1.82, 2.24) is 0 Å². The minimum atomic E-state index is -0.603. The van der Waals surface area contributed by atoms with E-state index in [0.29, 0.717) is 20.2 Å². The molecule has 0 radical (unpaired) electrons. The van der Waals surface area contributed by atoms with Gasteiger partial charge in [-0.3, -0.25) is 4.79 Å². The number of carbonyl (C=O) groups is 1. The number of halogens is 4. The molecule has 0 aliphatic rings. The number of amides is 1. The van der Waals surface area contributed by atoms with Gasteiger partial charge in [0.05, 0.1) is 5.56 Å². The Morgan fingerprint density at radius 3 is 2.37 bits per heavy atom. The first-order valence-electron chi connectivity index (χ1n) is 5.18. The summed E-state index contributed by atoms with van der Waals surface area (Å²) in [6.45, 7) is 0. The normalized spacial score (nSPS) is 10.3. The minimum absolute atomic E-state index is 0.0644. The largest absolute Gasteiger partial charge is 0.322 e. The molecule has 0 unspecified atom stereocenters. The van der Waals surface area contributed by atoms with E-state index in [0.717, 1.165) is 0 Å². The number of benzene rings is 2. The fourth-order valence-corrected chi connectivity index (χ4v) is 2.38. The van der Waals surface area contributed by atoms with Crippen molar-refractivity contribution >= 4 is 50.7 Å². The van der Waals surface area contributed by atoms with Gasteiger partial charge < -0.3 is 5.32 Å². The average Bonchev–Trinajstić information content (AvgIpc) is 2.30. The summed E-state index contributed by atoms with van der Waals surface area (Å²) < 4.78 is 14.2. The van der Waals surface area contributed by atoms with Crippen LogP contribution < -0.4 is 5.32 Å². The molecule has 2 aromatic carbocycles. The average molecular weight is 363 g/mol. The van der Waals surface area contributed by atoms with Gasteiger partial charge in [0.2, 0.25) is 0 Å². The van der Waals surface area contributed by atoms with E-state index in [4.69, 9.17) is 23.2 Å². The Balaban J connectivity index is 2.28. The minimum Gasteiger partial charge on any atom is -0.322 e. The first kappa shape index (κ1) is 14.3. The molecule has 6 heteroatoms. The molecule has 1 N–H and O–H groups in total. The number of hydrogen-bond acceptors (Lipinski definition) is 1. The molecule has 0 fully saturated rings. The third kappa shape index (κ3) is 3.69. The van der Waals surface area contributed by atoms with Crippen molar-refractivity contribution in [2.45, 2.75) is 0 Å². The van der Waals surface area contributed by atoms with E-state index in [1.165, 1.54) is 30.3 Å². The van der Waals surface area contributed by atoms with Gasteiger partial charge in [-0.2, -0.15) is 0 Å². The molecule has 98 valence electrons. The zero-order valence-corrected chi connectivity index (χ0v) is 12.5. The monoisotopic (exact) mass is 361 g/mol. The number of nitrogens with one attached hydrogen (secondary N) is 1. The van der Waals surface area contributed by atoms with Crippen molar-refractivity contribution < 1.29 is 9.18 Å². The smallest absolute Gasteiger partial charge is 0.258 e. The van der Waals surface area contributed by atoms with E-state index in [9.17, 15) is 9.18 Å². The molecule has 0 aliphatic carbocycles. The summed E-state index contributed by atoms with van der Waals surface area (Å²) in [5.41, 5.74) is 0.340. The van der Waals surface area contributed by atoms with Crippen LogP contribution in [0.4, 0.5) is 10.1 Å². The summed E-state index contributed by atoms with van der Waals surface area (Å²) in [7, 11) is 0. The molecule has 2 aromatic rings. The molecule has 0 saturated heterocycles. The Morgan fingerprint density at radius 1 is 1.11 bits per heavy atom. The summed E-state index contributed by atoms with van der Waals surface area (Å²) in [5, 5.41) is 3.31. The fraction of sp³-hybridized carbons (Fsp3) is 0. The van der Waals surface area contributed by atoms with E-state index < -0.39 is 11.7 Å². The highest BCUT2D eigenvalue weighted by Gasteiger charge is 2.12. The lowest BCUT2D eigenvalue weighted by molar-refractivity contribution is 0.102. The molecule has 2 rings (SSSR count). The molecule has 0 saturated carbocycles. The van der Waals surface area contributed by atoms with Gasteiger partial charge in [0, 0.05) is 20.2 Å². The molecule has 2 nitrogen and oxygen atoms in total. The maximum Gasteiger partial charge on any atom is 0.258 e. The maximum absolute atomic E-state index is 13.5. The number of hydrogen-bond donors (Lipinski definition) is 1. The first-order valence-corrected chi connectivity index (χ1v) is 6.73. The number of carbonyl (C=O) groups excluding carboxylic acids is 1. The Bertz CT molecular complexity index is 628. The zero-order chi connectivity index (χ0) is 14.0. The Morgan fingerprint density at radius 2 is 1.74 bits per heavy atom. The van der Waals surface area contributed by atoms with Crippen molar-refractivity contribution in [3.63, 3.8) is 0 Å². The molecule has 19 heavy (non-hydrogen) atoms. The molecule has 1 amide bonds. The van der Waals surface area contributed by atoms with E-state index >= 15 is 0 Å². The molecule has 0 aliphatic heterocycles. The second-order valence-corrected chi connectivity index (χ2v) is 5.52. The van der Waals surface area contributed by atoms with Gasteiger partial charge in [0.25, 0.3) is 5.91 Å². The third-order valence-electron chi connectivity index (χ3n) is 2.29. The zero-order valence-electron chi connectivity index (χ0n) is 9.38. The van der Waals surface area contributed by atoms with Crippen LogP contribution in [0.2, 0.25) is 10.0 Å². The fourth-order valence-electron chi connectivity index (χ4n) is 1.50. The van der Waals surface area contributed by atoms with E-state index in [1.54, 1.807) is 6.07 Å². The van der Waals surface area contributed by atoms with Gasteiger partial charge >= 0.3 is 0 Å². The van der Waals surface area contributed by atoms with E-state index in [2.05, 4.69) is 21.2 Å². The topological polar surface area (TPSA) is 29.1 Å². The van der Waals surface area contributed by atoms with Crippen LogP contribution in [0, 0.1) is 5.82 Å². The molecule has 0 bridgehead atoms. The van der Waals surface area contributed by atoms with Gasteiger partial charge in [-0.1, -0.05) is 39.1 Å². The highest BCUT2D eigenvalue weighted by atomic mass is 79.9. The molecule has 0 atom stereocenters. The highest BCUT2D eigenvalue weighted by Crippen LogP contribution is 2.23. The second kappa shape index (κ2) is 5.90. The van der Waals surface area contributed by atoms with Crippen LogP contribution in [0.3, 0.4) is 0 Å². The Hall–Kier alpha value is -1.10. The van der Waals surface area contributed by atoms with Crippen LogP contribution >= 0.6 is 39.1 Å². The van der Waals surface area contributed by atoms with Crippen LogP contribution in [0.5, 0.6) is 0 Å². The van der Waals surface area contributed by atoms with Crippen molar-refractivity contribution in [2.24, 2.45) is 0 Å². The highest BCUT2D eigenvalue weighted by molar-refractivity contribution is 9.10. The Labute approximate surface area is 127 Å². The molecule has 0 aromatic heterocycles. The van der Waals surface area contributed by atoms with Crippen LogP contribution in [0.25, 0.3) is 0 Å². The first-order chi connectivity index (χ1) is 8.95. The number of anilines is 1. The Kier molecular flexibility index (Phi) is 4.45. The third-order valence-corrected chi connectivity index (χ3v) is 3.22. The SMILES string of the molecule is O=C(Nc1cc(Cl)cc(Cl)c1)c1cc(Br)ccc1F. The lowest BCUT2D eigenvalue weighted by Crippen LogP contribution is -2.13.